The third-order valence-electron chi connectivity index (χ3n) is 5.29. The summed E-state index contributed by atoms with van der Waals surface area (Å²) in [5, 5.41) is 3.73. The lowest BCUT2D eigenvalue weighted by molar-refractivity contribution is 0.449. The van der Waals surface area contributed by atoms with Gasteiger partial charge in [-0.3, -0.25) is 0 Å². The smallest absolute Gasteiger partial charge is 0.0516 e. The van der Waals surface area contributed by atoms with E-state index in [9.17, 15) is 0 Å². The van der Waals surface area contributed by atoms with Gasteiger partial charge in [-0.15, -0.1) is 0 Å². The van der Waals surface area contributed by atoms with Gasteiger partial charge < -0.3 is 5.32 Å². The molecular formula is C24H25N. The van der Waals surface area contributed by atoms with Gasteiger partial charge >= 0.3 is 0 Å². The molecule has 0 aliphatic heterocycles. The average molecular weight is 327 g/mol. The zero-order valence-electron chi connectivity index (χ0n) is 14.5. The number of nitrogens with one attached hydrogen (secondary N) is 1. The summed E-state index contributed by atoms with van der Waals surface area (Å²) in [5.41, 5.74) is 3.97. The second-order valence-electron chi connectivity index (χ2n) is 6.97. The van der Waals surface area contributed by atoms with Crippen molar-refractivity contribution in [2.75, 3.05) is 5.32 Å². The molecule has 1 heteroatoms. The van der Waals surface area contributed by atoms with E-state index >= 15 is 0 Å². The van der Waals surface area contributed by atoms with E-state index in [0.29, 0.717) is 17.9 Å². The molecule has 0 bridgehead atoms. The van der Waals surface area contributed by atoms with Crippen LogP contribution in [0.25, 0.3) is 5.57 Å². The minimum absolute atomic E-state index is 0.342. The van der Waals surface area contributed by atoms with Gasteiger partial charge in [-0.2, -0.15) is 0 Å². The molecule has 3 aliphatic rings. The fourth-order valence-electron chi connectivity index (χ4n) is 3.88. The first-order valence-electron chi connectivity index (χ1n) is 9.31. The van der Waals surface area contributed by atoms with Crippen LogP contribution in [0.2, 0.25) is 0 Å². The van der Waals surface area contributed by atoms with Crippen LogP contribution in [0.3, 0.4) is 0 Å². The number of benzene rings is 1. The van der Waals surface area contributed by atoms with Crippen LogP contribution in [0, 0.1) is 11.8 Å². The number of anilines is 1. The first kappa shape index (κ1) is 16.0. The summed E-state index contributed by atoms with van der Waals surface area (Å²) in [5.74, 6) is 1.07. The largest absolute Gasteiger partial charge is 0.378 e. The molecular weight excluding hydrogens is 302 g/mol. The summed E-state index contributed by atoms with van der Waals surface area (Å²) >= 11 is 0. The molecule has 25 heavy (non-hydrogen) atoms. The second-order valence-corrected chi connectivity index (χ2v) is 6.97. The lowest BCUT2D eigenvalue weighted by Crippen LogP contribution is -2.32. The Morgan fingerprint density at radius 3 is 2.40 bits per heavy atom. The monoisotopic (exact) mass is 327 g/mol. The van der Waals surface area contributed by atoms with E-state index in [4.69, 9.17) is 0 Å². The maximum atomic E-state index is 3.73. The number of hydrogen-bond acceptors (Lipinski definition) is 1. The van der Waals surface area contributed by atoms with Crippen LogP contribution < -0.4 is 5.32 Å². The van der Waals surface area contributed by atoms with Crippen LogP contribution in [-0.2, 0) is 0 Å². The molecule has 1 N–H and O–H groups in total. The molecule has 1 aromatic carbocycles. The van der Waals surface area contributed by atoms with Crippen molar-refractivity contribution >= 4 is 11.3 Å². The van der Waals surface area contributed by atoms with E-state index in [1.54, 1.807) is 0 Å². The van der Waals surface area contributed by atoms with E-state index in [1.165, 1.54) is 16.8 Å². The van der Waals surface area contributed by atoms with Crippen molar-refractivity contribution in [2.45, 2.75) is 25.3 Å². The third kappa shape index (κ3) is 3.76. The number of allylic oxidation sites excluding steroid dienone is 10. The van der Waals surface area contributed by atoms with Crippen molar-refractivity contribution in [1.82, 2.24) is 0 Å². The van der Waals surface area contributed by atoms with Gasteiger partial charge in [0.1, 0.15) is 0 Å². The lowest BCUT2D eigenvalue weighted by Gasteiger charge is -2.31. The molecule has 126 valence electrons. The second kappa shape index (κ2) is 7.57. The van der Waals surface area contributed by atoms with E-state index < -0.39 is 0 Å². The molecule has 0 heterocycles. The molecule has 1 aromatic rings. The summed E-state index contributed by atoms with van der Waals surface area (Å²) in [7, 11) is 0. The standard InChI is InChI=1S/C24H25N/c1-3-9-19(10-4-1)20-15-17-22(18-16-20)25-24-14-8-7-13-23(24)21-11-5-2-6-12-21/h1-3,5-9,11,13-18,21,23-25H,4,10,12H2. The molecule has 0 saturated carbocycles. The molecule has 0 amide bonds. The Bertz CT molecular complexity index is 771. The molecule has 0 fully saturated rings. The van der Waals surface area contributed by atoms with Crippen LogP contribution in [0.5, 0.6) is 0 Å². The van der Waals surface area contributed by atoms with Crippen molar-refractivity contribution in [3.63, 3.8) is 0 Å². The van der Waals surface area contributed by atoms with Gasteiger partial charge in [0.15, 0.2) is 0 Å². The predicted octanol–water partition coefficient (Wildman–Crippen LogP) is 6.08. The van der Waals surface area contributed by atoms with Crippen LogP contribution in [0.4, 0.5) is 5.69 Å². The molecule has 3 aliphatic carbocycles. The molecule has 0 spiro atoms. The van der Waals surface area contributed by atoms with Crippen molar-refractivity contribution in [2.24, 2.45) is 11.8 Å². The summed E-state index contributed by atoms with van der Waals surface area (Å²) in [4.78, 5) is 0. The average Bonchev–Trinajstić information content (AvgIpc) is 2.70. The molecule has 1 nitrogen and oxygen atoms in total. The Balaban J connectivity index is 1.47. The first-order chi connectivity index (χ1) is 12.4. The fraction of sp³-hybridized carbons (Fsp3) is 0.250. The number of rotatable bonds is 4. The number of hydrogen-bond donors (Lipinski definition) is 1. The highest BCUT2D eigenvalue weighted by Gasteiger charge is 2.25. The third-order valence-corrected chi connectivity index (χ3v) is 5.29. The molecule has 4 rings (SSSR count). The van der Waals surface area contributed by atoms with Gasteiger partial charge in [0, 0.05) is 11.6 Å². The minimum atomic E-state index is 0.342. The van der Waals surface area contributed by atoms with Crippen molar-refractivity contribution in [3.8, 4) is 0 Å². The molecule has 0 aromatic heterocycles. The predicted molar refractivity (Wildman–Crippen MR) is 108 cm³/mol. The van der Waals surface area contributed by atoms with Crippen LogP contribution in [0.15, 0.2) is 91.1 Å². The van der Waals surface area contributed by atoms with E-state index in [1.807, 2.05) is 0 Å². The van der Waals surface area contributed by atoms with Crippen LogP contribution in [-0.4, -0.2) is 6.04 Å². The maximum Gasteiger partial charge on any atom is 0.0516 e. The topological polar surface area (TPSA) is 12.0 Å². The molecule has 3 atom stereocenters. The highest BCUT2D eigenvalue weighted by Crippen LogP contribution is 2.31. The lowest BCUT2D eigenvalue weighted by atomic mass is 9.80. The minimum Gasteiger partial charge on any atom is -0.378 e. The van der Waals surface area contributed by atoms with Crippen molar-refractivity contribution < 1.29 is 0 Å². The van der Waals surface area contributed by atoms with Gasteiger partial charge in [-0.25, -0.2) is 0 Å². The Labute approximate surface area is 150 Å². The Kier molecular flexibility index (Phi) is 4.83. The molecule has 0 saturated heterocycles. The van der Waals surface area contributed by atoms with E-state index in [0.717, 1.165) is 19.3 Å². The zero-order chi connectivity index (χ0) is 16.9. The normalized spacial score (nSPS) is 27.4. The fourth-order valence-corrected chi connectivity index (χ4v) is 3.88. The quantitative estimate of drug-likeness (QED) is 0.707. The summed E-state index contributed by atoms with van der Waals surface area (Å²) in [6.45, 7) is 0. The van der Waals surface area contributed by atoms with Crippen LogP contribution in [0.1, 0.15) is 24.8 Å². The summed E-state index contributed by atoms with van der Waals surface area (Å²) in [6, 6.07) is 9.26. The van der Waals surface area contributed by atoms with Gasteiger partial charge in [-0.1, -0.05) is 79.0 Å². The zero-order valence-corrected chi connectivity index (χ0v) is 14.5. The van der Waals surface area contributed by atoms with E-state index in [2.05, 4.69) is 96.4 Å². The van der Waals surface area contributed by atoms with Gasteiger partial charge in [0.25, 0.3) is 0 Å². The Hall–Kier alpha value is -2.54. The summed E-state index contributed by atoms with van der Waals surface area (Å²) in [6.07, 6.45) is 28.0. The molecule has 3 unspecified atom stereocenters. The van der Waals surface area contributed by atoms with Gasteiger partial charge in [-0.05, 0) is 48.4 Å². The first-order valence-corrected chi connectivity index (χ1v) is 9.31. The maximum absolute atomic E-state index is 3.73. The highest BCUT2D eigenvalue weighted by atomic mass is 14.9. The highest BCUT2D eigenvalue weighted by molar-refractivity contribution is 5.69. The summed E-state index contributed by atoms with van der Waals surface area (Å²) < 4.78 is 0. The Morgan fingerprint density at radius 2 is 1.64 bits per heavy atom. The van der Waals surface area contributed by atoms with Gasteiger partial charge in [0.05, 0.1) is 6.04 Å². The van der Waals surface area contributed by atoms with Crippen molar-refractivity contribution in [1.29, 1.82) is 0 Å². The molecule has 0 radical (unpaired) electrons. The SMILES string of the molecule is C1=CCCC(c2ccc(NC3C=CC=CC3C3C=CC=CC3)cc2)=C1. The van der Waals surface area contributed by atoms with Gasteiger partial charge in [0.2, 0.25) is 0 Å². The van der Waals surface area contributed by atoms with Crippen molar-refractivity contribution in [3.05, 3.63) is 96.7 Å². The van der Waals surface area contributed by atoms with Crippen LogP contribution >= 0.6 is 0 Å². The van der Waals surface area contributed by atoms with E-state index in [-0.39, 0.29) is 0 Å². The Morgan fingerprint density at radius 1 is 0.800 bits per heavy atom.